The number of aryl methyl sites for hydroxylation is 3. The Morgan fingerprint density at radius 3 is 2.81 bits per heavy atom. The minimum atomic E-state index is 0.925. The first kappa shape index (κ1) is 11.3. The molecule has 4 heteroatoms. The highest BCUT2D eigenvalue weighted by atomic mass is 79.9. The molecule has 84 valence electrons. The minimum absolute atomic E-state index is 0.925. The van der Waals surface area contributed by atoms with Gasteiger partial charge in [-0.15, -0.1) is 0 Å². The van der Waals surface area contributed by atoms with Gasteiger partial charge in [-0.2, -0.15) is 15.4 Å². The molecule has 0 amide bonds. The van der Waals surface area contributed by atoms with Crippen LogP contribution in [0, 0.1) is 0 Å². The van der Waals surface area contributed by atoms with Crippen molar-refractivity contribution >= 4 is 15.9 Å². The number of nitrogens with zero attached hydrogens (tertiary/aromatic N) is 2. The molecule has 0 bridgehead atoms. The molecule has 0 aliphatic rings. The number of benzene rings is 1. The lowest BCUT2D eigenvalue weighted by Crippen LogP contribution is -1.93. The number of hydrogen-bond donors (Lipinski definition) is 1. The van der Waals surface area contributed by atoms with Crippen LogP contribution in [-0.2, 0) is 19.3 Å². The summed E-state index contributed by atoms with van der Waals surface area (Å²) in [7, 11) is 0. The van der Waals surface area contributed by atoms with E-state index < -0.39 is 0 Å². The van der Waals surface area contributed by atoms with Gasteiger partial charge in [-0.3, -0.25) is 0 Å². The summed E-state index contributed by atoms with van der Waals surface area (Å²) in [4.78, 5) is 0. The first-order valence-electron chi connectivity index (χ1n) is 5.41. The molecule has 0 spiro atoms. The Labute approximate surface area is 103 Å². The number of rotatable bonds is 4. The lowest BCUT2D eigenvalue weighted by atomic mass is 10.1. The second-order valence-electron chi connectivity index (χ2n) is 3.74. The van der Waals surface area contributed by atoms with Crippen molar-refractivity contribution in [3.05, 3.63) is 45.7 Å². The summed E-state index contributed by atoms with van der Waals surface area (Å²) in [5.74, 6) is 0. The van der Waals surface area contributed by atoms with Gasteiger partial charge in [0.15, 0.2) is 0 Å². The molecule has 0 atom stereocenters. The average molecular weight is 280 g/mol. The molecule has 0 aliphatic carbocycles. The molecule has 0 unspecified atom stereocenters. The Morgan fingerprint density at radius 1 is 1.31 bits per heavy atom. The van der Waals surface area contributed by atoms with E-state index in [4.69, 9.17) is 0 Å². The summed E-state index contributed by atoms with van der Waals surface area (Å²) in [5.41, 5.74) is 3.69. The van der Waals surface area contributed by atoms with Crippen molar-refractivity contribution < 1.29 is 0 Å². The van der Waals surface area contributed by atoms with Crippen LogP contribution < -0.4 is 0 Å². The Balaban J connectivity index is 2.02. The van der Waals surface area contributed by atoms with Crippen LogP contribution >= 0.6 is 15.9 Å². The number of aromatic amines is 1. The Bertz CT molecular complexity index is 451. The van der Waals surface area contributed by atoms with Gasteiger partial charge in [-0.05, 0) is 36.5 Å². The van der Waals surface area contributed by atoms with E-state index in [0.717, 1.165) is 25.0 Å². The lowest BCUT2D eigenvalue weighted by Gasteiger charge is -2.04. The summed E-state index contributed by atoms with van der Waals surface area (Å²) in [6, 6.07) is 6.56. The van der Waals surface area contributed by atoms with E-state index in [1.165, 1.54) is 15.6 Å². The van der Waals surface area contributed by atoms with E-state index in [1.807, 2.05) is 0 Å². The number of H-pyrrole nitrogens is 1. The van der Waals surface area contributed by atoms with Crippen LogP contribution in [0.5, 0.6) is 0 Å². The molecule has 0 aliphatic heterocycles. The lowest BCUT2D eigenvalue weighted by molar-refractivity contribution is 0.870. The van der Waals surface area contributed by atoms with E-state index in [0.29, 0.717) is 0 Å². The van der Waals surface area contributed by atoms with Gasteiger partial charge in [0.25, 0.3) is 0 Å². The van der Waals surface area contributed by atoms with E-state index in [-0.39, 0.29) is 0 Å². The molecule has 0 fully saturated rings. The zero-order chi connectivity index (χ0) is 11.4. The van der Waals surface area contributed by atoms with Gasteiger partial charge < -0.3 is 0 Å². The molecule has 0 saturated carbocycles. The van der Waals surface area contributed by atoms with Gasteiger partial charge in [0.2, 0.25) is 0 Å². The fourth-order valence-corrected chi connectivity index (χ4v) is 2.36. The van der Waals surface area contributed by atoms with Crippen LogP contribution in [0.25, 0.3) is 0 Å². The highest BCUT2D eigenvalue weighted by Crippen LogP contribution is 2.19. The number of nitrogens with one attached hydrogen (secondary N) is 1. The number of hydrogen-bond acceptors (Lipinski definition) is 2. The van der Waals surface area contributed by atoms with Gasteiger partial charge in [-0.1, -0.05) is 35.0 Å². The summed E-state index contributed by atoms with van der Waals surface area (Å²) in [6.45, 7) is 2.16. The van der Waals surface area contributed by atoms with Gasteiger partial charge in [0.1, 0.15) is 0 Å². The van der Waals surface area contributed by atoms with Gasteiger partial charge in [-0.25, -0.2) is 0 Å². The van der Waals surface area contributed by atoms with Crippen molar-refractivity contribution in [1.82, 2.24) is 15.4 Å². The molecule has 1 aromatic heterocycles. The van der Waals surface area contributed by atoms with Gasteiger partial charge >= 0.3 is 0 Å². The fraction of sp³-hybridized carbons (Fsp3) is 0.333. The van der Waals surface area contributed by atoms with Crippen molar-refractivity contribution in [3.8, 4) is 0 Å². The monoisotopic (exact) mass is 279 g/mol. The molecule has 2 rings (SSSR count). The molecule has 0 radical (unpaired) electrons. The molecule has 1 N–H and O–H groups in total. The quantitative estimate of drug-likeness (QED) is 0.935. The van der Waals surface area contributed by atoms with Crippen LogP contribution in [0.3, 0.4) is 0 Å². The summed E-state index contributed by atoms with van der Waals surface area (Å²) < 4.78 is 1.20. The summed E-state index contributed by atoms with van der Waals surface area (Å²) >= 11 is 3.59. The van der Waals surface area contributed by atoms with Gasteiger partial charge in [0, 0.05) is 4.47 Å². The Hall–Kier alpha value is -1.16. The highest BCUT2D eigenvalue weighted by molar-refractivity contribution is 9.10. The molecular formula is C12H14BrN3. The predicted molar refractivity (Wildman–Crippen MR) is 67.3 cm³/mol. The van der Waals surface area contributed by atoms with Crippen molar-refractivity contribution in [2.24, 2.45) is 0 Å². The molecule has 1 aromatic carbocycles. The first-order valence-corrected chi connectivity index (χ1v) is 6.21. The third-order valence-corrected chi connectivity index (χ3v) is 3.37. The van der Waals surface area contributed by atoms with Crippen LogP contribution in [0.1, 0.15) is 23.7 Å². The van der Waals surface area contributed by atoms with Gasteiger partial charge in [0.05, 0.1) is 11.9 Å². The summed E-state index contributed by atoms with van der Waals surface area (Å²) in [6.07, 6.45) is 4.75. The second-order valence-corrected chi connectivity index (χ2v) is 4.59. The molecule has 0 saturated heterocycles. The fourth-order valence-electron chi connectivity index (χ4n) is 1.65. The standard InChI is InChI=1S/C12H14BrN3/c1-2-10-5-3-9(7-12(10)13)4-6-11-8-14-16-15-11/h3,5,7-8H,2,4,6H2,1H3,(H,14,15,16). The second kappa shape index (κ2) is 5.25. The first-order chi connectivity index (χ1) is 7.79. The van der Waals surface area contributed by atoms with Crippen molar-refractivity contribution in [1.29, 1.82) is 0 Å². The van der Waals surface area contributed by atoms with E-state index in [1.54, 1.807) is 6.20 Å². The Morgan fingerprint density at radius 2 is 2.19 bits per heavy atom. The van der Waals surface area contributed by atoms with Crippen LogP contribution in [0.4, 0.5) is 0 Å². The molecular weight excluding hydrogens is 266 g/mol. The molecule has 1 heterocycles. The minimum Gasteiger partial charge on any atom is -0.198 e. The topological polar surface area (TPSA) is 41.6 Å². The van der Waals surface area contributed by atoms with Crippen molar-refractivity contribution in [2.45, 2.75) is 26.2 Å². The molecule has 3 nitrogen and oxygen atoms in total. The zero-order valence-corrected chi connectivity index (χ0v) is 10.8. The highest BCUT2D eigenvalue weighted by Gasteiger charge is 2.01. The number of halogens is 1. The maximum atomic E-state index is 4.04. The van der Waals surface area contributed by atoms with E-state index in [2.05, 4.69) is 56.5 Å². The third-order valence-electron chi connectivity index (χ3n) is 2.63. The normalized spacial score (nSPS) is 10.6. The van der Waals surface area contributed by atoms with E-state index >= 15 is 0 Å². The van der Waals surface area contributed by atoms with Crippen LogP contribution in [-0.4, -0.2) is 15.4 Å². The Kier molecular flexibility index (Phi) is 3.72. The predicted octanol–water partition coefficient (Wildman–Crippen LogP) is 2.91. The smallest absolute Gasteiger partial charge is 0.0828 e. The summed E-state index contributed by atoms with van der Waals surface area (Å²) in [5, 5.41) is 10.5. The SMILES string of the molecule is CCc1ccc(CCc2cn[nH]n2)cc1Br. The average Bonchev–Trinajstić information content (AvgIpc) is 2.79. The van der Waals surface area contributed by atoms with Crippen LogP contribution in [0.15, 0.2) is 28.9 Å². The molecule has 2 aromatic rings. The largest absolute Gasteiger partial charge is 0.198 e. The maximum absolute atomic E-state index is 4.04. The maximum Gasteiger partial charge on any atom is 0.0828 e. The molecule has 16 heavy (non-hydrogen) atoms. The van der Waals surface area contributed by atoms with Crippen LogP contribution in [0.2, 0.25) is 0 Å². The third kappa shape index (κ3) is 2.70. The van der Waals surface area contributed by atoms with Crippen molar-refractivity contribution in [3.63, 3.8) is 0 Å². The number of aromatic nitrogens is 3. The zero-order valence-electron chi connectivity index (χ0n) is 9.20. The van der Waals surface area contributed by atoms with E-state index in [9.17, 15) is 0 Å². The van der Waals surface area contributed by atoms with Crippen molar-refractivity contribution in [2.75, 3.05) is 0 Å².